The standard InChI is InChI=1S/C11H12BrClN2O2S/c1-8(5-13)7-18(16,17)15-11-3-2-9(6-14)4-10(11)12/h2-4,8,15H,5,7H2,1H3. The van der Waals surface area contributed by atoms with E-state index in [1.54, 1.807) is 25.1 Å². The highest BCUT2D eigenvalue weighted by atomic mass is 79.9. The SMILES string of the molecule is CC(CCl)CS(=O)(=O)Nc1ccc(C#N)cc1Br. The monoisotopic (exact) mass is 350 g/mol. The Morgan fingerprint density at radius 1 is 1.56 bits per heavy atom. The summed E-state index contributed by atoms with van der Waals surface area (Å²) in [4.78, 5) is 0. The van der Waals surface area contributed by atoms with Crippen LogP contribution in [0.2, 0.25) is 0 Å². The van der Waals surface area contributed by atoms with Crippen LogP contribution in [0.4, 0.5) is 5.69 Å². The van der Waals surface area contributed by atoms with E-state index in [1.807, 2.05) is 6.07 Å². The molecule has 1 N–H and O–H groups in total. The number of nitrogens with zero attached hydrogens (tertiary/aromatic N) is 1. The molecule has 0 spiro atoms. The molecule has 1 aromatic rings. The number of hydrogen-bond donors (Lipinski definition) is 1. The second-order valence-electron chi connectivity index (χ2n) is 3.95. The smallest absolute Gasteiger partial charge is 0.233 e. The van der Waals surface area contributed by atoms with Gasteiger partial charge in [0.1, 0.15) is 0 Å². The number of rotatable bonds is 5. The van der Waals surface area contributed by atoms with Crippen LogP contribution in [0.5, 0.6) is 0 Å². The predicted molar refractivity (Wildman–Crippen MR) is 76.2 cm³/mol. The zero-order chi connectivity index (χ0) is 13.8. The molecule has 0 saturated heterocycles. The summed E-state index contributed by atoms with van der Waals surface area (Å²) in [7, 11) is -3.44. The maximum atomic E-state index is 11.8. The normalized spacial score (nSPS) is 12.8. The first kappa shape index (κ1) is 15.3. The first-order valence-electron chi connectivity index (χ1n) is 5.14. The third kappa shape index (κ3) is 4.48. The molecule has 0 fully saturated rings. The third-order valence-electron chi connectivity index (χ3n) is 2.13. The molecule has 0 bridgehead atoms. The summed E-state index contributed by atoms with van der Waals surface area (Å²) in [6.07, 6.45) is 0. The van der Waals surface area contributed by atoms with Crippen molar-refractivity contribution in [1.29, 1.82) is 5.26 Å². The van der Waals surface area contributed by atoms with Gasteiger partial charge in [0.05, 0.1) is 23.1 Å². The van der Waals surface area contributed by atoms with Crippen molar-refractivity contribution in [3.8, 4) is 6.07 Å². The topological polar surface area (TPSA) is 70.0 Å². The highest BCUT2D eigenvalue weighted by molar-refractivity contribution is 9.10. The van der Waals surface area contributed by atoms with Crippen molar-refractivity contribution in [1.82, 2.24) is 0 Å². The Balaban J connectivity index is 2.88. The molecule has 1 rings (SSSR count). The van der Waals surface area contributed by atoms with E-state index >= 15 is 0 Å². The van der Waals surface area contributed by atoms with E-state index in [2.05, 4.69) is 20.7 Å². The Kier molecular flexibility index (Phi) is 5.45. The second-order valence-corrected chi connectivity index (χ2v) is 6.88. The third-order valence-corrected chi connectivity index (χ3v) is 4.85. The molecule has 0 saturated carbocycles. The summed E-state index contributed by atoms with van der Waals surface area (Å²) in [6.45, 7) is 1.76. The lowest BCUT2D eigenvalue weighted by Gasteiger charge is -2.12. The molecule has 1 atom stereocenters. The molecule has 0 amide bonds. The molecular weight excluding hydrogens is 340 g/mol. The highest BCUT2D eigenvalue weighted by Crippen LogP contribution is 2.24. The van der Waals surface area contributed by atoms with Crippen LogP contribution < -0.4 is 4.72 Å². The molecule has 7 heteroatoms. The van der Waals surface area contributed by atoms with Crippen molar-refractivity contribution in [2.75, 3.05) is 16.4 Å². The zero-order valence-electron chi connectivity index (χ0n) is 9.65. The van der Waals surface area contributed by atoms with E-state index in [1.165, 1.54) is 0 Å². The van der Waals surface area contributed by atoms with Gasteiger partial charge in [0.2, 0.25) is 10.0 Å². The highest BCUT2D eigenvalue weighted by Gasteiger charge is 2.16. The molecular formula is C11H12BrClN2O2S. The number of benzene rings is 1. The Morgan fingerprint density at radius 2 is 2.22 bits per heavy atom. The number of sulfonamides is 1. The molecule has 0 radical (unpaired) electrons. The van der Waals surface area contributed by atoms with Crippen LogP contribution in [0.25, 0.3) is 0 Å². The summed E-state index contributed by atoms with van der Waals surface area (Å²) in [5, 5.41) is 8.71. The van der Waals surface area contributed by atoms with E-state index in [-0.39, 0.29) is 17.6 Å². The molecule has 0 aliphatic rings. The van der Waals surface area contributed by atoms with Crippen molar-refractivity contribution in [3.05, 3.63) is 28.2 Å². The van der Waals surface area contributed by atoms with E-state index < -0.39 is 10.0 Å². The molecule has 1 aromatic carbocycles. The van der Waals surface area contributed by atoms with Crippen molar-refractivity contribution >= 4 is 43.2 Å². The Bertz CT molecular complexity index is 569. The summed E-state index contributed by atoms with van der Waals surface area (Å²) < 4.78 is 26.6. The molecule has 0 aliphatic heterocycles. The van der Waals surface area contributed by atoms with Crippen LogP contribution in [0.15, 0.2) is 22.7 Å². The fourth-order valence-corrected chi connectivity index (χ4v) is 3.61. The van der Waals surface area contributed by atoms with Crippen LogP contribution in [0, 0.1) is 17.2 Å². The number of halogens is 2. The average molecular weight is 352 g/mol. The first-order valence-corrected chi connectivity index (χ1v) is 8.12. The van der Waals surface area contributed by atoms with Gasteiger partial charge in [-0.15, -0.1) is 11.6 Å². The van der Waals surface area contributed by atoms with Gasteiger partial charge in [0.15, 0.2) is 0 Å². The van der Waals surface area contributed by atoms with Gasteiger partial charge in [-0.05, 0) is 40.0 Å². The summed E-state index contributed by atoms with van der Waals surface area (Å²) in [5.41, 5.74) is 0.870. The van der Waals surface area contributed by atoms with Gasteiger partial charge in [0.25, 0.3) is 0 Å². The van der Waals surface area contributed by atoms with Gasteiger partial charge in [-0.2, -0.15) is 5.26 Å². The van der Waals surface area contributed by atoms with E-state index in [9.17, 15) is 8.42 Å². The minimum Gasteiger partial charge on any atom is -0.282 e. The summed E-state index contributed by atoms with van der Waals surface area (Å²) in [6, 6.07) is 6.63. The van der Waals surface area contributed by atoms with Gasteiger partial charge >= 0.3 is 0 Å². The Hall–Kier alpha value is -0.770. The molecule has 0 aromatic heterocycles. The zero-order valence-corrected chi connectivity index (χ0v) is 12.8. The van der Waals surface area contributed by atoms with Crippen molar-refractivity contribution in [2.45, 2.75) is 6.92 Å². The minimum atomic E-state index is -3.44. The molecule has 1 unspecified atom stereocenters. The number of anilines is 1. The van der Waals surface area contributed by atoms with Crippen LogP contribution in [0.1, 0.15) is 12.5 Å². The van der Waals surface area contributed by atoms with Gasteiger partial charge in [-0.25, -0.2) is 8.42 Å². The summed E-state index contributed by atoms with van der Waals surface area (Å²) >= 11 is 8.81. The van der Waals surface area contributed by atoms with Gasteiger partial charge in [-0.1, -0.05) is 6.92 Å². The first-order chi connectivity index (χ1) is 8.38. The van der Waals surface area contributed by atoms with E-state index in [0.717, 1.165) is 0 Å². The van der Waals surface area contributed by atoms with Crippen molar-refractivity contribution in [3.63, 3.8) is 0 Å². The Labute approximate surface area is 120 Å². The van der Waals surface area contributed by atoms with Crippen LogP contribution >= 0.6 is 27.5 Å². The second kappa shape index (κ2) is 6.41. The maximum Gasteiger partial charge on any atom is 0.233 e. The minimum absolute atomic E-state index is 0.0387. The molecule has 18 heavy (non-hydrogen) atoms. The number of nitriles is 1. The van der Waals surface area contributed by atoms with Gasteiger partial charge in [-0.3, -0.25) is 4.72 Å². The van der Waals surface area contributed by atoms with Crippen molar-refractivity contribution < 1.29 is 8.42 Å². The average Bonchev–Trinajstić information content (AvgIpc) is 2.30. The lowest BCUT2D eigenvalue weighted by atomic mass is 10.2. The summed E-state index contributed by atoms with van der Waals surface area (Å²) in [5.74, 6) is 0.125. The number of hydrogen-bond acceptors (Lipinski definition) is 3. The van der Waals surface area contributed by atoms with Gasteiger partial charge in [0, 0.05) is 10.4 Å². The fourth-order valence-electron chi connectivity index (χ4n) is 1.30. The van der Waals surface area contributed by atoms with Crippen LogP contribution in [-0.2, 0) is 10.0 Å². The number of nitrogens with one attached hydrogen (secondary N) is 1. The Morgan fingerprint density at radius 3 is 2.72 bits per heavy atom. The fraction of sp³-hybridized carbons (Fsp3) is 0.364. The lowest BCUT2D eigenvalue weighted by molar-refractivity contribution is 0.588. The van der Waals surface area contributed by atoms with Crippen LogP contribution in [0.3, 0.4) is 0 Å². The maximum absolute atomic E-state index is 11.8. The predicted octanol–water partition coefficient (Wildman–Crippen LogP) is 2.94. The largest absolute Gasteiger partial charge is 0.282 e. The molecule has 0 heterocycles. The quantitative estimate of drug-likeness (QED) is 0.829. The van der Waals surface area contributed by atoms with Gasteiger partial charge < -0.3 is 0 Å². The lowest BCUT2D eigenvalue weighted by Crippen LogP contribution is -2.22. The van der Waals surface area contributed by atoms with E-state index in [4.69, 9.17) is 16.9 Å². The number of alkyl halides is 1. The molecule has 98 valence electrons. The molecule has 0 aliphatic carbocycles. The van der Waals surface area contributed by atoms with Crippen molar-refractivity contribution in [2.24, 2.45) is 5.92 Å². The molecule has 4 nitrogen and oxygen atoms in total. The van der Waals surface area contributed by atoms with E-state index in [0.29, 0.717) is 15.7 Å². The van der Waals surface area contributed by atoms with Crippen LogP contribution in [-0.4, -0.2) is 20.1 Å².